The maximum absolute atomic E-state index is 12.2. The Kier molecular flexibility index (Phi) is 4.99. The standard InChI is InChI=1S/C16H15NO6S/c1-11-8-14(6-7-15(11)17(19)20)23-16(18)13-5-3-4-12(9-13)10-24(2,21)22/h3-9H,10H2,1-2H3. The van der Waals surface area contributed by atoms with Gasteiger partial charge >= 0.3 is 5.97 Å². The van der Waals surface area contributed by atoms with Crippen molar-refractivity contribution in [3.05, 3.63) is 69.3 Å². The van der Waals surface area contributed by atoms with E-state index in [1.165, 1.54) is 30.3 Å². The van der Waals surface area contributed by atoms with Gasteiger partial charge in [-0.2, -0.15) is 0 Å². The highest BCUT2D eigenvalue weighted by Crippen LogP contribution is 2.23. The van der Waals surface area contributed by atoms with Crippen molar-refractivity contribution in [3.8, 4) is 5.75 Å². The second-order valence-corrected chi connectivity index (χ2v) is 7.51. The lowest BCUT2D eigenvalue weighted by atomic mass is 10.1. The van der Waals surface area contributed by atoms with Gasteiger partial charge in [-0.3, -0.25) is 10.1 Å². The molecule has 7 nitrogen and oxygen atoms in total. The molecule has 0 unspecified atom stereocenters. The predicted octanol–water partition coefficient (Wildman–Crippen LogP) is 2.67. The van der Waals surface area contributed by atoms with Gasteiger partial charge in [-0.15, -0.1) is 0 Å². The molecule has 0 spiro atoms. The second-order valence-electron chi connectivity index (χ2n) is 5.37. The van der Waals surface area contributed by atoms with E-state index in [-0.39, 0.29) is 22.8 Å². The van der Waals surface area contributed by atoms with Crippen LogP contribution >= 0.6 is 0 Å². The first-order valence-corrected chi connectivity index (χ1v) is 8.95. The van der Waals surface area contributed by atoms with E-state index in [1.54, 1.807) is 19.1 Å². The van der Waals surface area contributed by atoms with Gasteiger partial charge in [0.15, 0.2) is 9.84 Å². The summed E-state index contributed by atoms with van der Waals surface area (Å²) in [6, 6.07) is 10.1. The molecule has 0 radical (unpaired) electrons. The first kappa shape index (κ1) is 17.6. The van der Waals surface area contributed by atoms with Crippen molar-refractivity contribution >= 4 is 21.5 Å². The molecule has 2 rings (SSSR count). The van der Waals surface area contributed by atoms with Gasteiger partial charge in [0.1, 0.15) is 5.75 Å². The minimum Gasteiger partial charge on any atom is -0.423 e. The van der Waals surface area contributed by atoms with Crippen molar-refractivity contribution in [3.63, 3.8) is 0 Å². The fourth-order valence-corrected chi connectivity index (χ4v) is 2.94. The molecule has 0 amide bonds. The van der Waals surface area contributed by atoms with Crippen LogP contribution in [0.4, 0.5) is 5.69 Å². The highest BCUT2D eigenvalue weighted by Gasteiger charge is 2.14. The summed E-state index contributed by atoms with van der Waals surface area (Å²) in [6.07, 6.45) is 1.11. The molecule has 0 aromatic heterocycles. The van der Waals surface area contributed by atoms with Crippen LogP contribution in [0, 0.1) is 17.0 Å². The Morgan fingerprint density at radius 1 is 1.21 bits per heavy atom. The molecule has 0 aliphatic carbocycles. The van der Waals surface area contributed by atoms with E-state index in [1.807, 2.05) is 0 Å². The molecule has 0 aliphatic rings. The van der Waals surface area contributed by atoms with Crippen molar-refractivity contribution in [1.29, 1.82) is 0 Å². The molecule has 0 fully saturated rings. The number of benzene rings is 2. The topological polar surface area (TPSA) is 104 Å². The number of nitro benzene ring substituents is 1. The number of aryl methyl sites for hydroxylation is 1. The largest absolute Gasteiger partial charge is 0.423 e. The van der Waals surface area contributed by atoms with Crippen LogP contribution in [-0.2, 0) is 15.6 Å². The number of ether oxygens (including phenoxy) is 1. The van der Waals surface area contributed by atoms with Crippen LogP contribution in [0.25, 0.3) is 0 Å². The molecular formula is C16H15NO6S. The summed E-state index contributed by atoms with van der Waals surface area (Å²) in [4.78, 5) is 22.4. The van der Waals surface area contributed by atoms with Gasteiger partial charge in [0.05, 0.1) is 16.2 Å². The third-order valence-corrected chi connectivity index (χ3v) is 4.02. The maximum Gasteiger partial charge on any atom is 0.343 e. The fraction of sp³-hybridized carbons (Fsp3) is 0.188. The Morgan fingerprint density at radius 2 is 1.92 bits per heavy atom. The van der Waals surface area contributed by atoms with Crippen LogP contribution in [0.1, 0.15) is 21.5 Å². The summed E-state index contributed by atoms with van der Waals surface area (Å²) in [5.41, 5.74) is 0.986. The zero-order valence-corrected chi connectivity index (χ0v) is 13.9. The Hall–Kier alpha value is -2.74. The summed E-state index contributed by atoms with van der Waals surface area (Å²) in [5.74, 6) is -0.666. The Balaban J connectivity index is 2.20. The number of nitrogens with zero attached hydrogens (tertiary/aromatic N) is 1. The average Bonchev–Trinajstić information content (AvgIpc) is 2.45. The molecular weight excluding hydrogens is 334 g/mol. The van der Waals surface area contributed by atoms with E-state index in [0.717, 1.165) is 6.26 Å². The van der Waals surface area contributed by atoms with Crippen molar-refractivity contribution in [2.75, 3.05) is 6.26 Å². The smallest absolute Gasteiger partial charge is 0.343 e. The quantitative estimate of drug-likeness (QED) is 0.356. The van der Waals surface area contributed by atoms with Crippen LogP contribution in [0.15, 0.2) is 42.5 Å². The fourth-order valence-electron chi connectivity index (χ4n) is 2.15. The van der Waals surface area contributed by atoms with Gasteiger partial charge < -0.3 is 4.74 Å². The molecule has 2 aromatic carbocycles. The maximum atomic E-state index is 12.2. The Bertz CT molecular complexity index is 905. The third kappa shape index (κ3) is 4.63. The lowest BCUT2D eigenvalue weighted by molar-refractivity contribution is -0.385. The summed E-state index contributed by atoms with van der Waals surface area (Å²) >= 11 is 0. The molecule has 0 saturated carbocycles. The van der Waals surface area contributed by atoms with Gasteiger partial charge in [0.25, 0.3) is 5.69 Å². The number of nitro groups is 1. The second kappa shape index (κ2) is 6.79. The van der Waals surface area contributed by atoms with E-state index < -0.39 is 20.7 Å². The van der Waals surface area contributed by atoms with Crippen LogP contribution in [0.3, 0.4) is 0 Å². The zero-order chi connectivity index (χ0) is 17.9. The summed E-state index contributed by atoms with van der Waals surface area (Å²) in [5, 5.41) is 10.8. The van der Waals surface area contributed by atoms with E-state index in [0.29, 0.717) is 11.1 Å². The van der Waals surface area contributed by atoms with Gasteiger partial charge in [-0.05, 0) is 36.8 Å². The SMILES string of the molecule is Cc1cc(OC(=O)c2cccc(CS(C)(=O)=O)c2)ccc1[N+](=O)[O-]. The van der Waals surface area contributed by atoms with Crippen molar-refractivity contribution in [2.24, 2.45) is 0 Å². The van der Waals surface area contributed by atoms with Gasteiger partial charge in [-0.1, -0.05) is 12.1 Å². The molecule has 0 saturated heterocycles. The van der Waals surface area contributed by atoms with E-state index in [2.05, 4.69) is 0 Å². The van der Waals surface area contributed by atoms with Crippen LogP contribution in [0.5, 0.6) is 5.75 Å². The molecule has 0 heterocycles. The van der Waals surface area contributed by atoms with Crippen LogP contribution in [0.2, 0.25) is 0 Å². The molecule has 0 aliphatic heterocycles. The highest BCUT2D eigenvalue weighted by atomic mass is 32.2. The number of sulfone groups is 1. The number of esters is 1. The van der Waals surface area contributed by atoms with Crippen LogP contribution in [-0.4, -0.2) is 25.6 Å². The van der Waals surface area contributed by atoms with Crippen LogP contribution < -0.4 is 4.74 Å². The van der Waals surface area contributed by atoms with E-state index in [4.69, 9.17) is 4.74 Å². The van der Waals surface area contributed by atoms with E-state index in [9.17, 15) is 23.3 Å². The normalized spacial score (nSPS) is 11.1. The Labute approximate surface area is 139 Å². The van der Waals surface area contributed by atoms with Gasteiger partial charge in [0.2, 0.25) is 0 Å². The number of hydrogen-bond donors (Lipinski definition) is 0. The monoisotopic (exact) mass is 349 g/mol. The first-order valence-electron chi connectivity index (χ1n) is 6.89. The Morgan fingerprint density at radius 3 is 2.50 bits per heavy atom. The molecule has 126 valence electrons. The molecule has 0 bridgehead atoms. The first-order chi connectivity index (χ1) is 11.2. The molecule has 0 atom stereocenters. The summed E-state index contributed by atoms with van der Waals surface area (Å²) in [6.45, 7) is 1.54. The minimum atomic E-state index is -3.21. The molecule has 2 aromatic rings. The molecule has 24 heavy (non-hydrogen) atoms. The number of carbonyl (C=O) groups excluding carboxylic acids is 1. The number of rotatable bonds is 5. The lowest BCUT2D eigenvalue weighted by Crippen LogP contribution is -2.10. The lowest BCUT2D eigenvalue weighted by Gasteiger charge is -2.07. The minimum absolute atomic E-state index is 0.0649. The van der Waals surface area contributed by atoms with E-state index >= 15 is 0 Å². The predicted molar refractivity (Wildman–Crippen MR) is 87.8 cm³/mol. The number of hydrogen-bond acceptors (Lipinski definition) is 6. The molecule has 8 heteroatoms. The average molecular weight is 349 g/mol. The zero-order valence-electron chi connectivity index (χ0n) is 13.1. The number of carbonyl (C=O) groups is 1. The van der Waals surface area contributed by atoms with Crippen molar-refractivity contribution in [2.45, 2.75) is 12.7 Å². The van der Waals surface area contributed by atoms with Gasteiger partial charge in [0, 0.05) is 17.9 Å². The van der Waals surface area contributed by atoms with Gasteiger partial charge in [-0.25, -0.2) is 13.2 Å². The van der Waals surface area contributed by atoms with Crippen molar-refractivity contribution < 1.29 is 22.9 Å². The molecule has 0 N–H and O–H groups in total. The summed E-state index contributed by atoms with van der Waals surface area (Å²) < 4.78 is 27.8. The third-order valence-electron chi connectivity index (χ3n) is 3.17. The highest BCUT2D eigenvalue weighted by molar-refractivity contribution is 7.89. The summed E-state index contributed by atoms with van der Waals surface area (Å²) in [7, 11) is -3.21. The van der Waals surface area contributed by atoms with Crippen molar-refractivity contribution in [1.82, 2.24) is 0 Å².